The summed E-state index contributed by atoms with van der Waals surface area (Å²) >= 11 is 1.74. The second kappa shape index (κ2) is 9.48. The molecule has 1 aromatic heterocycles. The van der Waals surface area contributed by atoms with Gasteiger partial charge in [0, 0.05) is 24.6 Å². The fourth-order valence-corrected chi connectivity index (χ4v) is 2.91. The number of unbranched alkanes of at least 4 members (excludes halogenated alkanes) is 5. The van der Waals surface area contributed by atoms with Crippen molar-refractivity contribution in [2.24, 2.45) is 0 Å². The molecule has 1 heterocycles. The molecule has 0 aliphatic heterocycles. The molecule has 3 nitrogen and oxygen atoms in total. The Kier molecular flexibility index (Phi) is 7.55. The van der Waals surface area contributed by atoms with E-state index in [-0.39, 0.29) is 0 Å². The molecule has 0 saturated heterocycles. The quantitative estimate of drug-likeness (QED) is 0.585. The molecule has 20 heavy (non-hydrogen) atoms. The lowest BCUT2D eigenvalue weighted by Crippen LogP contribution is -2.15. The van der Waals surface area contributed by atoms with Gasteiger partial charge in [-0.25, -0.2) is 4.98 Å². The van der Waals surface area contributed by atoms with E-state index in [1.807, 2.05) is 0 Å². The lowest BCUT2D eigenvalue weighted by molar-refractivity contribution is 0.114. The zero-order valence-corrected chi connectivity index (χ0v) is 13.5. The first kappa shape index (κ1) is 15.9. The van der Waals surface area contributed by atoms with Crippen LogP contribution in [0.1, 0.15) is 69.0 Å². The summed E-state index contributed by atoms with van der Waals surface area (Å²) in [6, 6.07) is 0.756. The highest BCUT2D eigenvalue weighted by molar-refractivity contribution is 7.09. The van der Waals surface area contributed by atoms with E-state index in [0.29, 0.717) is 6.61 Å². The van der Waals surface area contributed by atoms with Crippen LogP contribution >= 0.6 is 11.3 Å². The van der Waals surface area contributed by atoms with Crippen LogP contribution in [0.25, 0.3) is 0 Å². The fourth-order valence-electron chi connectivity index (χ4n) is 2.18. The van der Waals surface area contributed by atoms with E-state index in [1.165, 1.54) is 56.4 Å². The maximum absolute atomic E-state index is 5.70. The fraction of sp³-hybridized carbons (Fsp3) is 0.812. The highest BCUT2D eigenvalue weighted by Crippen LogP contribution is 2.20. The topological polar surface area (TPSA) is 34.1 Å². The molecule has 1 N–H and O–H groups in total. The van der Waals surface area contributed by atoms with E-state index in [2.05, 4.69) is 22.6 Å². The summed E-state index contributed by atoms with van der Waals surface area (Å²) < 4.78 is 5.70. The van der Waals surface area contributed by atoms with Gasteiger partial charge in [0.15, 0.2) is 0 Å². The lowest BCUT2D eigenvalue weighted by atomic mass is 10.1. The van der Waals surface area contributed by atoms with Crippen molar-refractivity contribution in [3.63, 3.8) is 0 Å². The Balaban J connectivity index is 1.46. The third-order valence-electron chi connectivity index (χ3n) is 3.61. The van der Waals surface area contributed by atoms with E-state index >= 15 is 0 Å². The van der Waals surface area contributed by atoms with Crippen molar-refractivity contribution in [2.45, 2.75) is 77.5 Å². The van der Waals surface area contributed by atoms with Crippen LogP contribution in [0.15, 0.2) is 5.38 Å². The van der Waals surface area contributed by atoms with Gasteiger partial charge in [0.2, 0.25) is 0 Å². The second-order valence-corrected chi connectivity index (χ2v) is 6.65. The van der Waals surface area contributed by atoms with Gasteiger partial charge >= 0.3 is 0 Å². The minimum absolute atomic E-state index is 0.675. The molecule has 0 unspecified atom stereocenters. The summed E-state index contributed by atoms with van der Waals surface area (Å²) in [5, 5.41) is 6.81. The van der Waals surface area contributed by atoms with Crippen LogP contribution in [0.2, 0.25) is 0 Å². The van der Waals surface area contributed by atoms with Crippen molar-refractivity contribution in [3.05, 3.63) is 16.1 Å². The summed E-state index contributed by atoms with van der Waals surface area (Å²) in [5.41, 5.74) is 1.09. The molecule has 0 bridgehead atoms. The van der Waals surface area contributed by atoms with Gasteiger partial charge in [-0.1, -0.05) is 39.0 Å². The zero-order chi connectivity index (χ0) is 14.0. The molecule has 1 aliphatic carbocycles. The van der Waals surface area contributed by atoms with Crippen LogP contribution in [0, 0.1) is 0 Å². The van der Waals surface area contributed by atoms with Crippen LogP contribution in [0.5, 0.6) is 0 Å². The zero-order valence-electron chi connectivity index (χ0n) is 12.7. The standard InChI is InChI=1S/C16H28N2OS/c1-2-3-4-5-6-7-10-19-12-15-13-20-16(18-15)11-17-14-8-9-14/h13-14,17H,2-12H2,1H3. The summed E-state index contributed by atoms with van der Waals surface area (Å²) in [6.45, 7) is 4.73. The summed E-state index contributed by atoms with van der Waals surface area (Å²) in [4.78, 5) is 4.60. The average molecular weight is 296 g/mol. The first-order chi connectivity index (χ1) is 9.88. The second-order valence-electron chi connectivity index (χ2n) is 5.71. The van der Waals surface area contributed by atoms with E-state index < -0.39 is 0 Å². The number of nitrogens with zero attached hydrogens (tertiary/aromatic N) is 1. The molecule has 0 aromatic carbocycles. The smallest absolute Gasteiger partial charge is 0.107 e. The number of nitrogens with one attached hydrogen (secondary N) is 1. The van der Waals surface area contributed by atoms with Crippen molar-refractivity contribution >= 4 is 11.3 Å². The van der Waals surface area contributed by atoms with Gasteiger partial charge in [-0.2, -0.15) is 0 Å². The SMILES string of the molecule is CCCCCCCCOCc1csc(CNC2CC2)n1. The van der Waals surface area contributed by atoms with E-state index in [4.69, 9.17) is 4.74 Å². The van der Waals surface area contributed by atoms with Gasteiger partial charge < -0.3 is 10.1 Å². The van der Waals surface area contributed by atoms with Crippen LogP contribution in [-0.4, -0.2) is 17.6 Å². The number of hydrogen-bond acceptors (Lipinski definition) is 4. The Hall–Kier alpha value is -0.450. The number of thiazole rings is 1. The summed E-state index contributed by atoms with van der Waals surface area (Å²) in [6.07, 6.45) is 10.6. The lowest BCUT2D eigenvalue weighted by Gasteiger charge is -2.02. The predicted octanol–water partition coefficient (Wildman–Crippen LogP) is 4.27. The number of ether oxygens (including phenoxy) is 1. The molecular weight excluding hydrogens is 268 g/mol. The molecule has 0 atom stereocenters. The first-order valence-corrected chi connectivity index (χ1v) is 9.01. The molecule has 0 amide bonds. The minimum atomic E-state index is 0.675. The molecule has 4 heteroatoms. The van der Waals surface area contributed by atoms with Crippen LogP contribution in [0.3, 0.4) is 0 Å². The maximum Gasteiger partial charge on any atom is 0.107 e. The Bertz CT molecular complexity index is 363. The van der Waals surface area contributed by atoms with Gasteiger partial charge in [-0.15, -0.1) is 11.3 Å². The average Bonchev–Trinajstić information content (AvgIpc) is 3.18. The maximum atomic E-state index is 5.70. The summed E-state index contributed by atoms with van der Waals surface area (Å²) in [7, 11) is 0. The highest BCUT2D eigenvalue weighted by atomic mass is 32.1. The molecule has 0 spiro atoms. The largest absolute Gasteiger partial charge is 0.375 e. The Morgan fingerprint density at radius 2 is 2.05 bits per heavy atom. The molecule has 114 valence electrons. The van der Waals surface area contributed by atoms with Crippen molar-refractivity contribution in [1.82, 2.24) is 10.3 Å². The Morgan fingerprint density at radius 3 is 2.85 bits per heavy atom. The highest BCUT2D eigenvalue weighted by Gasteiger charge is 2.20. The van der Waals surface area contributed by atoms with E-state index in [9.17, 15) is 0 Å². The summed E-state index contributed by atoms with van der Waals surface area (Å²) in [5.74, 6) is 0. The molecular formula is C16H28N2OS. The van der Waals surface area contributed by atoms with Crippen molar-refractivity contribution in [3.8, 4) is 0 Å². The Labute approximate surface area is 127 Å². The monoisotopic (exact) mass is 296 g/mol. The van der Waals surface area contributed by atoms with Gasteiger partial charge in [0.05, 0.1) is 12.3 Å². The van der Waals surface area contributed by atoms with Crippen LogP contribution in [0.4, 0.5) is 0 Å². The number of rotatable bonds is 12. The molecule has 1 aliphatic rings. The molecule has 2 rings (SSSR count). The van der Waals surface area contributed by atoms with Crippen molar-refractivity contribution in [2.75, 3.05) is 6.61 Å². The van der Waals surface area contributed by atoms with Crippen molar-refractivity contribution in [1.29, 1.82) is 0 Å². The molecule has 1 aromatic rings. The Morgan fingerprint density at radius 1 is 1.25 bits per heavy atom. The number of hydrogen-bond donors (Lipinski definition) is 1. The number of aromatic nitrogens is 1. The molecule has 1 fully saturated rings. The van der Waals surface area contributed by atoms with Crippen LogP contribution < -0.4 is 5.32 Å². The van der Waals surface area contributed by atoms with Gasteiger partial charge in [0.25, 0.3) is 0 Å². The first-order valence-electron chi connectivity index (χ1n) is 8.13. The van der Waals surface area contributed by atoms with Gasteiger partial charge in [-0.3, -0.25) is 0 Å². The molecule has 1 saturated carbocycles. The normalized spacial score (nSPS) is 14.8. The van der Waals surface area contributed by atoms with E-state index in [0.717, 1.165) is 24.9 Å². The predicted molar refractivity (Wildman–Crippen MR) is 85.0 cm³/mol. The molecule has 0 radical (unpaired) electrons. The van der Waals surface area contributed by atoms with Crippen LogP contribution in [-0.2, 0) is 17.9 Å². The third kappa shape index (κ3) is 6.82. The van der Waals surface area contributed by atoms with E-state index in [1.54, 1.807) is 11.3 Å². The van der Waals surface area contributed by atoms with Gasteiger partial charge in [0.1, 0.15) is 5.01 Å². The van der Waals surface area contributed by atoms with Crippen molar-refractivity contribution < 1.29 is 4.74 Å². The third-order valence-corrected chi connectivity index (χ3v) is 4.51. The van der Waals surface area contributed by atoms with Gasteiger partial charge in [-0.05, 0) is 19.3 Å². The minimum Gasteiger partial charge on any atom is -0.375 e.